The van der Waals surface area contributed by atoms with Crippen molar-refractivity contribution < 1.29 is 18.3 Å². The molecule has 2 rings (SSSR count). The second-order valence-corrected chi connectivity index (χ2v) is 3.92. The first-order valence-corrected chi connectivity index (χ1v) is 5.61. The average Bonchev–Trinajstić information content (AvgIpc) is 2.41. The summed E-state index contributed by atoms with van der Waals surface area (Å²) < 4.78 is 31.9. The number of benzene rings is 1. The highest BCUT2D eigenvalue weighted by Crippen LogP contribution is 2.11. The van der Waals surface area contributed by atoms with Crippen molar-refractivity contribution in [2.45, 2.75) is 6.54 Å². The molecule has 2 aromatic rings. The Labute approximate surface area is 112 Å². The molecule has 0 amide bonds. The van der Waals surface area contributed by atoms with Gasteiger partial charge in [-0.1, -0.05) is 0 Å². The van der Waals surface area contributed by atoms with E-state index in [9.17, 15) is 18.4 Å². The smallest absolute Gasteiger partial charge is 0.267 e. The molecule has 7 heteroatoms. The van der Waals surface area contributed by atoms with Gasteiger partial charge in [-0.25, -0.2) is 13.5 Å². The Balaban J connectivity index is 2.30. The number of aromatic nitrogens is 2. The highest BCUT2D eigenvalue weighted by Gasteiger charge is 2.14. The number of nitrogens with zero attached hydrogens (tertiary/aromatic N) is 2. The normalized spacial score (nSPS) is 10.3. The van der Waals surface area contributed by atoms with Gasteiger partial charge in [0.05, 0.1) is 12.7 Å². The fraction of sp³-hybridized carbons (Fsp3) is 0.154. The quantitative estimate of drug-likeness (QED) is 0.794. The minimum absolute atomic E-state index is 0.150. The molecule has 0 saturated carbocycles. The molecule has 1 aromatic carbocycles. The van der Waals surface area contributed by atoms with Crippen LogP contribution in [0.1, 0.15) is 10.4 Å². The van der Waals surface area contributed by atoms with Crippen LogP contribution in [-0.4, -0.2) is 22.7 Å². The fourth-order valence-electron chi connectivity index (χ4n) is 1.59. The van der Waals surface area contributed by atoms with Crippen molar-refractivity contribution in [2.24, 2.45) is 0 Å². The maximum atomic E-state index is 13.5. The summed E-state index contributed by atoms with van der Waals surface area (Å²) in [4.78, 5) is 23.4. The first-order valence-electron chi connectivity index (χ1n) is 5.61. The van der Waals surface area contributed by atoms with Crippen LogP contribution in [0.15, 0.2) is 35.1 Å². The summed E-state index contributed by atoms with van der Waals surface area (Å²) in [5.74, 6) is -2.30. The predicted octanol–water partition coefficient (Wildman–Crippen LogP) is 1.41. The van der Waals surface area contributed by atoms with Gasteiger partial charge in [0.1, 0.15) is 18.2 Å². The molecular formula is C13H10F2N2O3. The van der Waals surface area contributed by atoms with Crippen LogP contribution in [0.3, 0.4) is 0 Å². The van der Waals surface area contributed by atoms with Gasteiger partial charge >= 0.3 is 0 Å². The number of hydrogen-bond acceptors (Lipinski definition) is 4. The number of carbonyl (C=O) groups is 1. The van der Waals surface area contributed by atoms with Crippen molar-refractivity contribution in [1.29, 1.82) is 0 Å². The lowest BCUT2D eigenvalue weighted by molar-refractivity contribution is 0.0961. The molecule has 5 nitrogen and oxygen atoms in total. The molecule has 0 N–H and O–H groups in total. The summed E-state index contributed by atoms with van der Waals surface area (Å²) in [7, 11) is 1.36. The first kappa shape index (κ1) is 13.9. The van der Waals surface area contributed by atoms with Gasteiger partial charge in [0.25, 0.3) is 5.56 Å². The number of rotatable bonds is 4. The lowest BCUT2D eigenvalue weighted by Crippen LogP contribution is -2.26. The zero-order chi connectivity index (χ0) is 14.7. The number of carbonyl (C=O) groups excluding carboxylic acids is 1. The highest BCUT2D eigenvalue weighted by molar-refractivity contribution is 5.96. The van der Waals surface area contributed by atoms with Gasteiger partial charge in [-0.3, -0.25) is 9.59 Å². The zero-order valence-corrected chi connectivity index (χ0v) is 10.5. The number of hydrogen-bond donors (Lipinski definition) is 0. The van der Waals surface area contributed by atoms with E-state index in [1.807, 2.05) is 0 Å². The van der Waals surface area contributed by atoms with Crippen LogP contribution in [0.2, 0.25) is 0 Å². The topological polar surface area (TPSA) is 61.2 Å². The van der Waals surface area contributed by atoms with Crippen molar-refractivity contribution in [3.05, 3.63) is 57.9 Å². The number of ether oxygens (including phenoxy) is 1. The maximum Gasteiger partial charge on any atom is 0.267 e. The van der Waals surface area contributed by atoms with Crippen LogP contribution in [0, 0.1) is 11.6 Å². The Morgan fingerprint density at radius 1 is 1.30 bits per heavy atom. The van der Waals surface area contributed by atoms with Gasteiger partial charge in [-0.05, 0) is 12.1 Å². The molecule has 20 heavy (non-hydrogen) atoms. The highest BCUT2D eigenvalue weighted by atomic mass is 19.1. The average molecular weight is 280 g/mol. The second kappa shape index (κ2) is 5.60. The van der Waals surface area contributed by atoms with E-state index in [1.165, 1.54) is 19.2 Å². The van der Waals surface area contributed by atoms with E-state index in [4.69, 9.17) is 4.74 Å². The number of Topliss-reactive ketones (excluding diaryl/α,β-unsaturated/α-hetero) is 1. The first-order chi connectivity index (χ1) is 9.51. The molecule has 0 atom stereocenters. The standard InChI is InChI=1S/C13H10F2N2O3/c1-20-12-4-5-13(19)17(16-12)7-11(18)9-3-2-8(14)6-10(9)15/h2-6H,7H2,1H3. The molecule has 1 heterocycles. The molecule has 0 fully saturated rings. The van der Waals surface area contributed by atoms with Gasteiger partial charge in [0.2, 0.25) is 5.88 Å². The van der Waals surface area contributed by atoms with E-state index in [2.05, 4.69) is 5.10 Å². The van der Waals surface area contributed by atoms with Gasteiger partial charge in [0, 0.05) is 18.2 Å². The summed E-state index contributed by atoms with van der Waals surface area (Å²) in [6, 6.07) is 5.13. The fourth-order valence-corrected chi connectivity index (χ4v) is 1.59. The Morgan fingerprint density at radius 3 is 2.70 bits per heavy atom. The maximum absolute atomic E-state index is 13.5. The predicted molar refractivity (Wildman–Crippen MR) is 65.7 cm³/mol. The summed E-state index contributed by atoms with van der Waals surface area (Å²) >= 11 is 0. The number of ketones is 1. The van der Waals surface area contributed by atoms with Crippen LogP contribution >= 0.6 is 0 Å². The number of halogens is 2. The van der Waals surface area contributed by atoms with Gasteiger partial charge < -0.3 is 4.74 Å². The monoisotopic (exact) mass is 280 g/mol. The summed E-state index contributed by atoms with van der Waals surface area (Å²) in [6.45, 7) is -0.460. The van der Waals surface area contributed by atoms with Crippen molar-refractivity contribution >= 4 is 5.78 Å². The van der Waals surface area contributed by atoms with Crippen LogP contribution in [-0.2, 0) is 6.54 Å². The van der Waals surface area contributed by atoms with E-state index in [0.717, 1.165) is 16.8 Å². The summed E-state index contributed by atoms with van der Waals surface area (Å²) in [5, 5.41) is 3.77. The molecule has 0 aliphatic rings. The minimum atomic E-state index is -0.981. The molecule has 0 radical (unpaired) electrons. The van der Waals surface area contributed by atoms with E-state index in [-0.39, 0.29) is 11.4 Å². The molecule has 1 aromatic heterocycles. The molecule has 104 valence electrons. The number of methoxy groups -OCH3 is 1. The summed E-state index contributed by atoms with van der Waals surface area (Å²) in [5.41, 5.74) is -0.829. The van der Waals surface area contributed by atoms with Crippen molar-refractivity contribution in [3.8, 4) is 5.88 Å². The minimum Gasteiger partial charge on any atom is -0.480 e. The van der Waals surface area contributed by atoms with Crippen molar-refractivity contribution in [2.75, 3.05) is 7.11 Å². The Kier molecular flexibility index (Phi) is 3.88. The SMILES string of the molecule is COc1ccc(=O)n(CC(=O)c2ccc(F)cc2F)n1. The largest absolute Gasteiger partial charge is 0.480 e. The van der Waals surface area contributed by atoms with Crippen molar-refractivity contribution in [1.82, 2.24) is 9.78 Å². The zero-order valence-electron chi connectivity index (χ0n) is 10.5. The Hall–Kier alpha value is -2.57. The Bertz CT molecular complexity index is 713. The Morgan fingerprint density at radius 2 is 2.05 bits per heavy atom. The van der Waals surface area contributed by atoms with E-state index in [1.54, 1.807) is 0 Å². The summed E-state index contributed by atoms with van der Waals surface area (Å²) in [6.07, 6.45) is 0. The van der Waals surface area contributed by atoms with Gasteiger partial charge in [0.15, 0.2) is 5.78 Å². The van der Waals surface area contributed by atoms with Crippen LogP contribution in [0.4, 0.5) is 8.78 Å². The third-order valence-electron chi connectivity index (χ3n) is 2.58. The molecule has 0 aliphatic heterocycles. The lowest BCUT2D eigenvalue weighted by atomic mass is 10.1. The molecule has 0 saturated heterocycles. The molecule has 0 unspecified atom stereocenters. The molecular weight excluding hydrogens is 270 g/mol. The van der Waals surface area contributed by atoms with E-state index in [0.29, 0.717) is 6.07 Å². The van der Waals surface area contributed by atoms with Gasteiger partial charge in [-0.15, -0.1) is 5.10 Å². The van der Waals surface area contributed by atoms with Crippen LogP contribution < -0.4 is 10.3 Å². The van der Waals surface area contributed by atoms with E-state index >= 15 is 0 Å². The van der Waals surface area contributed by atoms with Crippen LogP contribution in [0.5, 0.6) is 5.88 Å². The second-order valence-electron chi connectivity index (χ2n) is 3.92. The van der Waals surface area contributed by atoms with Gasteiger partial charge in [-0.2, -0.15) is 0 Å². The van der Waals surface area contributed by atoms with Crippen LogP contribution in [0.25, 0.3) is 0 Å². The molecule has 0 spiro atoms. The molecule has 0 aliphatic carbocycles. The van der Waals surface area contributed by atoms with E-state index < -0.39 is 29.5 Å². The third-order valence-corrected chi connectivity index (χ3v) is 2.58. The lowest BCUT2D eigenvalue weighted by Gasteiger charge is -2.06. The van der Waals surface area contributed by atoms with Crippen molar-refractivity contribution in [3.63, 3.8) is 0 Å². The molecule has 0 bridgehead atoms. The third kappa shape index (κ3) is 2.87.